The van der Waals surface area contributed by atoms with Gasteiger partial charge >= 0.3 is 0 Å². The minimum atomic E-state index is 0.295. The van der Waals surface area contributed by atoms with Gasteiger partial charge < -0.3 is 9.80 Å². The van der Waals surface area contributed by atoms with Gasteiger partial charge in [-0.3, -0.25) is 4.79 Å². The third-order valence-corrected chi connectivity index (χ3v) is 6.61. The van der Waals surface area contributed by atoms with Gasteiger partial charge in [0.05, 0.1) is 6.54 Å². The first-order valence-electron chi connectivity index (χ1n) is 9.15. The maximum absolute atomic E-state index is 12.8. The van der Waals surface area contributed by atoms with Crippen LogP contribution in [0.15, 0.2) is 47.9 Å². The lowest BCUT2D eigenvalue weighted by molar-refractivity contribution is -0.924. The lowest BCUT2D eigenvalue weighted by Crippen LogP contribution is -3.14. The number of quaternary nitrogens is 1. The molecule has 0 spiro atoms. The van der Waals surface area contributed by atoms with E-state index in [9.17, 15) is 4.79 Å². The monoisotopic (exact) mass is 353 g/mol. The molecule has 1 aromatic heterocycles. The van der Waals surface area contributed by atoms with Crippen LogP contribution < -0.4 is 4.90 Å². The Labute approximate surface area is 153 Å². The maximum Gasteiger partial charge on any atom is 0.278 e. The lowest BCUT2D eigenvalue weighted by atomic mass is 9.99. The summed E-state index contributed by atoms with van der Waals surface area (Å²) in [6, 6.07) is 13.2. The summed E-state index contributed by atoms with van der Waals surface area (Å²) in [5.74, 6) is 0.295. The topological polar surface area (TPSA) is 24.8 Å². The molecule has 2 aliphatic rings. The van der Waals surface area contributed by atoms with Gasteiger partial charge in [0, 0.05) is 30.0 Å². The van der Waals surface area contributed by atoms with Crippen molar-refractivity contribution >= 4 is 22.8 Å². The number of hydrogen-bond donors (Lipinski definition) is 1. The van der Waals surface area contributed by atoms with Crippen LogP contribution in [0.25, 0.3) is 5.57 Å². The highest BCUT2D eigenvalue weighted by atomic mass is 32.1. The van der Waals surface area contributed by atoms with Crippen LogP contribution in [-0.2, 0) is 11.2 Å². The predicted octanol–water partition coefficient (Wildman–Crippen LogP) is 2.57. The van der Waals surface area contributed by atoms with Crippen LogP contribution in [0.1, 0.15) is 35.4 Å². The molecule has 0 saturated carbocycles. The van der Waals surface area contributed by atoms with Crippen molar-refractivity contribution in [3.63, 3.8) is 0 Å². The van der Waals surface area contributed by atoms with Crippen LogP contribution in [0, 0.1) is 0 Å². The molecule has 1 aromatic carbocycles. The fourth-order valence-electron chi connectivity index (χ4n) is 4.01. The Bertz CT molecular complexity index is 780. The van der Waals surface area contributed by atoms with E-state index in [1.54, 1.807) is 0 Å². The molecule has 25 heavy (non-hydrogen) atoms. The number of rotatable bonds is 3. The number of carbonyl (C=O) groups excluding carboxylic acids is 1. The molecule has 3 nitrogen and oxygen atoms in total. The van der Waals surface area contributed by atoms with Crippen LogP contribution in [0.2, 0.25) is 0 Å². The molecule has 2 atom stereocenters. The molecule has 130 valence electrons. The molecule has 1 N–H and O–H groups in total. The SMILES string of the molecule is C[C@@H]1c2ccsc2CC[NH+]1CC(=O)N1CC=C(c2ccccc2)CC1. The zero-order chi connectivity index (χ0) is 17.2. The van der Waals surface area contributed by atoms with E-state index in [0.717, 1.165) is 32.5 Å². The Hall–Kier alpha value is -1.91. The van der Waals surface area contributed by atoms with Crippen molar-refractivity contribution in [3.8, 4) is 0 Å². The second kappa shape index (κ2) is 7.14. The van der Waals surface area contributed by atoms with E-state index >= 15 is 0 Å². The van der Waals surface area contributed by atoms with E-state index in [-0.39, 0.29) is 0 Å². The summed E-state index contributed by atoms with van der Waals surface area (Å²) < 4.78 is 0. The summed E-state index contributed by atoms with van der Waals surface area (Å²) in [5.41, 5.74) is 4.10. The molecule has 0 bridgehead atoms. The van der Waals surface area contributed by atoms with Gasteiger partial charge in [0.1, 0.15) is 6.04 Å². The number of carbonyl (C=O) groups is 1. The Morgan fingerprint density at radius 1 is 1.24 bits per heavy atom. The predicted molar refractivity (Wildman–Crippen MR) is 103 cm³/mol. The van der Waals surface area contributed by atoms with Crippen LogP contribution in [0.5, 0.6) is 0 Å². The quantitative estimate of drug-likeness (QED) is 0.901. The molecule has 4 rings (SSSR count). The van der Waals surface area contributed by atoms with E-state index in [4.69, 9.17) is 0 Å². The van der Waals surface area contributed by atoms with E-state index in [2.05, 4.69) is 48.7 Å². The van der Waals surface area contributed by atoms with E-state index in [1.165, 1.54) is 26.5 Å². The second-order valence-electron chi connectivity index (χ2n) is 7.04. The van der Waals surface area contributed by atoms with Crippen molar-refractivity contribution in [1.82, 2.24) is 4.90 Å². The van der Waals surface area contributed by atoms with Crippen molar-refractivity contribution in [2.75, 3.05) is 26.2 Å². The number of fused-ring (bicyclic) bond motifs is 1. The molecule has 2 aliphatic heterocycles. The number of nitrogens with zero attached hydrogens (tertiary/aromatic N) is 1. The number of hydrogen-bond acceptors (Lipinski definition) is 2. The van der Waals surface area contributed by atoms with Gasteiger partial charge in [-0.2, -0.15) is 0 Å². The fourth-order valence-corrected chi connectivity index (χ4v) is 4.99. The van der Waals surface area contributed by atoms with Gasteiger partial charge in [-0.1, -0.05) is 36.4 Å². The number of thiophene rings is 1. The summed E-state index contributed by atoms with van der Waals surface area (Å²) in [5, 5.41) is 2.19. The first kappa shape index (κ1) is 16.6. The average molecular weight is 354 g/mol. The second-order valence-corrected chi connectivity index (χ2v) is 8.04. The molecule has 3 heterocycles. The van der Waals surface area contributed by atoms with Gasteiger partial charge in [0.25, 0.3) is 5.91 Å². The average Bonchev–Trinajstić information content (AvgIpc) is 3.14. The van der Waals surface area contributed by atoms with Crippen LogP contribution in [0.3, 0.4) is 0 Å². The summed E-state index contributed by atoms with van der Waals surface area (Å²) in [6.45, 7) is 5.53. The van der Waals surface area contributed by atoms with Gasteiger partial charge in [0.15, 0.2) is 6.54 Å². The molecule has 0 saturated heterocycles. The molecular formula is C21H25N2OS+. The van der Waals surface area contributed by atoms with Crippen molar-refractivity contribution < 1.29 is 9.69 Å². The minimum absolute atomic E-state index is 0.295. The largest absolute Gasteiger partial charge is 0.334 e. The third kappa shape index (κ3) is 3.42. The minimum Gasteiger partial charge on any atom is -0.334 e. The highest BCUT2D eigenvalue weighted by molar-refractivity contribution is 7.10. The molecule has 1 unspecified atom stereocenters. The highest BCUT2D eigenvalue weighted by Crippen LogP contribution is 2.25. The van der Waals surface area contributed by atoms with Gasteiger partial charge in [-0.25, -0.2) is 0 Å². The van der Waals surface area contributed by atoms with Crippen LogP contribution in [-0.4, -0.2) is 37.0 Å². The zero-order valence-corrected chi connectivity index (χ0v) is 15.5. The Kier molecular flexibility index (Phi) is 4.73. The molecular weight excluding hydrogens is 328 g/mol. The van der Waals surface area contributed by atoms with E-state index in [1.807, 2.05) is 22.3 Å². The number of amides is 1. The van der Waals surface area contributed by atoms with Crippen LogP contribution >= 0.6 is 11.3 Å². The van der Waals surface area contributed by atoms with Crippen molar-refractivity contribution in [1.29, 1.82) is 0 Å². The fraction of sp³-hybridized carbons (Fsp3) is 0.381. The standard InChI is InChI=1S/C21H24N2OS/c1-16-19-10-14-25-20(19)9-13-23(16)15-21(24)22-11-7-18(8-12-22)17-5-3-2-4-6-17/h2-7,10,14,16H,8-9,11-13,15H2,1H3/p+1/t16-/m1/s1. The molecule has 0 aliphatic carbocycles. The Morgan fingerprint density at radius 2 is 2.08 bits per heavy atom. The highest BCUT2D eigenvalue weighted by Gasteiger charge is 2.31. The number of nitrogens with one attached hydrogen (secondary N) is 1. The Morgan fingerprint density at radius 3 is 2.84 bits per heavy atom. The molecule has 4 heteroatoms. The first-order valence-corrected chi connectivity index (χ1v) is 10.0. The van der Waals surface area contributed by atoms with Crippen molar-refractivity contribution in [2.24, 2.45) is 0 Å². The summed E-state index contributed by atoms with van der Waals surface area (Å²) in [7, 11) is 0. The Balaban J connectivity index is 1.38. The third-order valence-electron chi connectivity index (χ3n) is 5.62. The molecule has 0 radical (unpaired) electrons. The maximum atomic E-state index is 12.8. The van der Waals surface area contributed by atoms with Gasteiger partial charge in [0.2, 0.25) is 0 Å². The van der Waals surface area contributed by atoms with Crippen LogP contribution in [0.4, 0.5) is 0 Å². The molecule has 1 amide bonds. The lowest BCUT2D eigenvalue weighted by Gasteiger charge is -2.33. The summed E-state index contributed by atoms with van der Waals surface area (Å²) in [6.07, 6.45) is 4.29. The molecule has 2 aromatic rings. The van der Waals surface area contributed by atoms with Gasteiger partial charge in [-0.15, -0.1) is 11.3 Å². The smallest absolute Gasteiger partial charge is 0.278 e. The van der Waals surface area contributed by atoms with Crippen molar-refractivity contribution in [3.05, 3.63) is 63.9 Å². The first-order chi connectivity index (χ1) is 12.2. The van der Waals surface area contributed by atoms with E-state index < -0.39 is 0 Å². The molecule has 0 fully saturated rings. The normalized spacial score (nSPS) is 23.1. The summed E-state index contributed by atoms with van der Waals surface area (Å²) >= 11 is 1.86. The summed E-state index contributed by atoms with van der Waals surface area (Å²) in [4.78, 5) is 17.7. The van der Waals surface area contributed by atoms with Gasteiger partial charge in [-0.05, 0) is 35.9 Å². The number of benzene rings is 1. The van der Waals surface area contributed by atoms with Crippen molar-refractivity contribution in [2.45, 2.75) is 25.8 Å². The zero-order valence-electron chi connectivity index (χ0n) is 14.7. The van der Waals surface area contributed by atoms with E-state index in [0.29, 0.717) is 18.5 Å².